The van der Waals surface area contributed by atoms with E-state index in [9.17, 15) is 17.6 Å². The molecule has 3 rings (SSSR count). The monoisotopic (exact) mass is 472 g/mol. The second kappa shape index (κ2) is 9.64. The third-order valence-electron chi connectivity index (χ3n) is 5.27. The molecule has 30 heavy (non-hydrogen) atoms. The fraction of sp³-hybridized carbons (Fsp3) is 0.381. The average Bonchev–Trinajstić information content (AvgIpc) is 2.71. The Bertz CT molecular complexity index is 995. The third-order valence-corrected chi connectivity index (χ3v) is 7.75. The Kier molecular flexibility index (Phi) is 7.39. The van der Waals surface area contributed by atoms with Gasteiger partial charge >= 0.3 is 0 Å². The van der Waals surface area contributed by atoms with Gasteiger partial charge in [-0.3, -0.25) is 4.79 Å². The molecule has 2 aromatic rings. The van der Waals surface area contributed by atoms with Crippen molar-refractivity contribution in [3.63, 3.8) is 0 Å². The Morgan fingerprint density at radius 1 is 1.20 bits per heavy atom. The topological polar surface area (TPSA) is 66.5 Å². The highest BCUT2D eigenvalue weighted by Crippen LogP contribution is 2.29. The molecule has 0 radical (unpaired) electrons. The van der Waals surface area contributed by atoms with Crippen molar-refractivity contribution < 1.29 is 17.6 Å². The van der Waals surface area contributed by atoms with E-state index in [2.05, 4.69) is 5.32 Å². The molecule has 1 saturated heterocycles. The summed E-state index contributed by atoms with van der Waals surface area (Å²) in [4.78, 5) is 12.7. The molecular weight excluding hydrogens is 450 g/mol. The van der Waals surface area contributed by atoms with Crippen LogP contribution >= 0.6 is 23.2 Å². The van der Waals surface area contributed by atoms with E-state index >= 15 is 0 Å². The lowest BCUT2D eigenvalue weighted by Gasteiger charge is -2.32. The van der Waals surface area contributed by atoms with Crippen LogP contribution in [-0.2, 0) is 20.6 Å². The first-order chi connectivity index (χ1) is 14.2. The highest BCUT2D eigenvalue weighted by Gasteiger charge is 2.33. The predicted octanol–water partition coefficient (Wildman–Crippen LogP) is 4.55. The second-order valence-electron chi connectivity index (χ2n) is 7.44. The fourth-order valence-corrected chi connectivity index (χ4v) is 5.88. The van der Waals surface area contributed by atoms with Crippen molar-refractivity contribution in [1.82, 2.24) is 9.62 Å². The number of nitrogens with zero attached hydrogens (tertiary/aromatic N) is 1. The van der Waals surface area contributed by atoms with Gasteiger partial charge in [-0.25, -0.2) is 17.1 Å². The fourth-order valence-electron chi connectivity index (χ4n) is 3.52. The molecule has 1 heterocycles. The number of sulfonamides is 1. The first kappa shape index (κ1) is 23.0. The van der Waals surface area contributed by atoms with Crippen LogP contribution in [0.15, 0.2) is 42.5 Å². The van der Waals surface area contributed by atoms with Crippen LogP contribution in [0, 0.1) is 11.7 Å². The van der Waals surface area contributed by atoms with Crippen LogP contribution in [0.4, 0.5) is 4.39 Å². The Balaban J connectivity index is 1.66. The third kappa shape index (κ3) is 5.52. The van der Waals surface area contributed by atoms with Gasteiger partial charge in [0.05, 0.1) is 17.7 Å². The van der Waals surface area contributed by atoms with E-state index in [-0.39, 0.29) is 30.1 Å². The number of hydrogen-bond donors (Lipinski definition) is 1. The van der Waals surface area contributed by atoms with Gasteiger partial charge in [-0.05, 0) is 49.6 Å². The number of piperidine rings is 1. The zero-order valence-corrected chi connectivity index (χ0v) is 18.8. The number of halogens is 3. The maximum Gasteiger partial charge on any atom is 0.224 e. The van der Waals surface area contributed by atoms with Crippen molar-refractivity contribution in [3.8, 4) is 0 Å². The molecule has 1 aliphatic rings. The van der Waals surface area contributed by atoms with Crippen LogP contribution in [0.2, 0.25) is 10.0 Å². The Morgan fingerprint density at radius 3 is 2.47 bits per heavy atom. The minimum atomic E-state index is -3.69. The van der Waals surface area contributed by atoms with Crippen molar-refractivity contribution in [3.05, 3.63) is 69.5 Å². The van der Waals surface area contributed by atoms with Crippen LogP contribution in [-0.4, -0.2) is 31.7 Å². The molecule has 0 saturated carbocycles. The summed E-state index contributed by atoms with van der Waals surface area (Å²) in [5.41, 5.74) is 1.13. The lowest BCUT2D eigenvalue weighted by molar-refractivity contribution is -0.126. The van der Waals surface area contributed by atoms with Gasteiger partial charge in [-0.15, -0.1) is 0 Å². The van der Waals surface area contributed by atoms with E-state index in [1.54, 1.807) is 30.3 Å². The molecular formula is C21H23Cl2FN2O3S. The summed E-state index contributed by atoms with van der Waals surface area (Å²) in [5.74, 6) is -1.34. The summed E-state index contributed by atoms with van der Waals surface area (Å²) in [6, 6.07) is 10.5. The largest absolute Gasteiger partial charge is 0.349 e. The smallest absolute Gasteiger partial charge is 0.224 e. The van der Waals surface area contributed by atoms with E-state index < -0.39 is 15.9 Å². The van der Waals surface area contributed by atoms with Crippen molar-refractivity contribution in [2.24, 2.45) is 5.92 Å². The van der Waals surface area contributed by atoms with Crippen molar-refractivity contribution in [2.45, 2.75) is 31.6 Å². The molecule has 1 aliphatic heterocycles. The number of nitrogens with one attached hydrogen (secondary N) is 1. The Hall–Kier alpha value is -1.67. The Labute approximate surface area is 186 Å². The molecule has 162 valence electrons. The SMILES string of the molecule is C[C@H](NC(=O)[C@@H]1CCCN(S(=O)(=O)Cc2c(Cl)cccc2Cl)C1)c1ccc(F)cc1. The summed E-state index contributed by atoms with van der Waals surface area (Å²) >= 11 is 12.2. The zero-order chi connectivity index (χ0) is 21.9. The van der Waals surface area contributed by atoms with E-state index in [4.69, 9.17) is 23.2 Å². The van der Waals surface area contributed by atoms with Crippen LogP contribution in [0.25, 0.3) is 0 Å². The van der Waals surface area contributed by atoms with Gasteiger partial charge in [0.25, 0.3) is 0 Å². The summed E-state index contributed by atoms with van der Waals surface area (Å²) in [6.07, 6.45) is 1.18. The van der Waals surface area contributed by atoms with Crippen LogP contribution < -0.4 is 5.32 Å². The van der Waals surface area contributed by atoms with E-state index in [0.29, 0.717) is 35.0 Å². The first-order valence-electron chi connectivity index (χ1n) is 9.64. The number of carbonyl (C=O) groups is 1. The molecule has 1 fully saturated rings. The van der Waals surface area contributed by atoms with E-state index in [1.807, 2.05) is 6.92 Å². The van der Waals surface area contributed by atoms with Gasteiger partial charge in [-0.2, -0.15) is 0 Å². The van der Waals surface area contributed by atoms with Crippen LogP contribution in [0.5, 0.6) is 0 Å². The number of rotatable bonds is 6. The first-order valence-corrected chi connectivity index (χ1v) is 12.0. The van der Waals surface area contributed by atoms with Crippen LogP contribution in [0.1, 0.15) is 36.9 Å². The maximum atomic E-state index is 13.1. The summed E-state index contributed by atoms with van der Waals surface area (Å²) in [7, 11) is -3.69. The second-order valence-corrected chi connectivity index (χ2v) is 10.2. The molecule has 9 heteroatoms. The minimum Gasteiger partial charge on any atom is -0.349 e. The zero-order valence-electron chi connectivity index (χ0n) is 16.4. The standard InChI is InChI=1S/C21H23Cl2FN2O3S/c1-14(15-7-9-17(24)10-8-15)25-21(27)16-4-3-11-26(12-16)30(28,29)13-18-19(22)5-2-6-20(18)23/h2,5-10,14,16H,3-4,11-13H2,1H3,(H,25,27)/t14-,16+/m0/s1. The quantitative estimate of drug-likeness (QED) is 0.670. The maximum absolute atomic E-state index is 13.1. The van der Waals surface area contributed by atoms with E-state index in [0.717, 1.165) is 5.56 Å². The van der Waals surface area contributed by atoms with Gasteiger partial charge < -0.3 is 5.32 Å². The summed E-state index contributed by atoms with van der Waals surface area (Å²) < 4.78 is 40.3. The molecule has 2 atom stereocenters. The van der Waals surface area contributed by atoms with Crippen molar-refractivity contribution in [1.29, 1.82) is 0 Å². The highest BCUT2D eigenvalue weighted by atomic mass is 35.5. The van der Waals surface area contributed by atoms with Gasteiger partial charge in [0, 0.05) is 28.7 Å². The lowest BCUT2D eigenvalue weighted by atomic mass is 9.98. The molecule has 5 nitrogen and oxygen atoms in total. The van der Waals surface area contributed by atoms with Gasteiger partial charge in [0.2, 0.25) is 15.9 Å². The van der Waals surface area contributed by atoms with Gasteiger partial charge in [0.1, 0.15) is 5.82 Å². The molecule has 0 spiro atoms. The highest BCUT2D eigenvalue weighted by molar-refractivity contribution is 7.88. The van der Waals surface area contributed by atoms with Gasteiger partial charge in [0.15, 0.2) is 0 Å². The molecule has 0 aliphatic carbocycles. The minimum absolute atomic E-state index is 0.104. The molecule has 1 N–H and O–H groups in total. The van der Waals surface area contributed by atoms with Crippen molar-refractivity contribution >= 4 is 39.1 Å². The molecule has 0 bridgehead atoms. The lowest BCUT2D eigenvalue weighted by Crippen LogP contribution is -2.46. The average molecular weight is 473 g/mol. The molecule has 1 amide bonds. The van der Waals surface area contributed by atoms with Crippen LogP contribution in [0.3, 0.4) is 0 Å². The predicted molar refractivity (Wildman–Crippen MR) is 116 cm³/mol. The van der Waals surface area contributed by atoms with E-state index in [1.165, 1.54) is 16.4 Å². The summed E-state index contributed by atoms with van der Waals surface area (Å²) in [6.45, 7) is 2.26. The molecule has 0 aromatic heterocycles. The molecule has 0 unspecified atom stereocenters. The summed E-state index contributed by atoms with van der Waals surface area (Å²) in [5, 5.41) is 3.49. The number of hydrogen-bond acceptors (Lipinski definition) is 3. The normalized spacial score (nSPS) is 18.7. The number of amides is 1. The number of carbonyl (C=O) groups excluding carboxylic acids is 1. The van der Waals surface area contributed by atoms with Crippen molar-refractivity contribution in [2.75, 3.05) is 13.1 Å². The molecule has 2 aromatic carbocycles. The number of benzene rings is 2. The Morgan fingerprint density at radius 2 is 1.83 bits per heavy atom. The van der Waals surface area contributed by atoms with Gasteiger partial charge in [-0.1, -0.05) is 41.4 Å².